The predicted octanol–water partition coefficient (Wildman–Crippen LogP) is 3.93. The molecule has 1 saturated heterocycles. The zero-order valence-electron chi connectivity index (χ0n) is 15.8. The lowest BCUT2D eigenvalue weighted by Crippen LogP contribution is -2.21. The molecule has 2 aromatic rings. The van der Waals surface area contributed by atoms with E-state index in [0.717, 1.165) is 50.4 Å². The van der Waals surface area contributed by atoms with E-state index in [2.05, 4.69) is 60.0 Å². The number of hydrogen-bond donors (Lipinski definition) is 1. The van der Waals surface area contributed by atoms with Gasteiger partial charge in [0.25, 0.3) is 0 Å². The third-order valence-corrected chi connectivity index (χ3v) is 5.06. The van der Waals surface area contributed by atoms with E-state index in [1.165, 1.54) is 5.56 Å². The van der Waals surface area contributed by atoms with Crippen LogP contribution in [0, 0.1) is 0 Å². The van der Waals surface area contributed by atoms with Crippen LogP contribution in [0.4, 0.5) is 5.69 Å². The second-order valence-electron chi connectivity index (χ2n) is 6.86. The first-order valence-corrected chi connectivity index (χ1v) is 9.57. The lowest BCUT2D eigenvalue weighted by molar-refractivity contribution is 0.327. The van der Waals surface area contributed by atoms with Crippen molar-refractivity contribution >= 4 is 11.9 Å². The molecule has 2 aromatic carbocycles. The molecule has 1 fully saturated rings. The van der Waals surface area contributed by atoms with Crippen molar-refractivity contribution in [2.45, 2.75) is 32.9 Å². The van der Waals surface area contributed by atoms with Crippen LogP contribution in [0.2, 0.25) is 0 Å². The number of hydrogen-bond acceptors (Lipinski definition) is 4. The summed E-state index contributed by atoms with van der Waals surface area (Å²) in [6.45, 7) is 9.14. The highest BCUT2D eigenvalue weighted by molar-refractivity contribution is 5.84. The maximum Gasteiger partial charge on any atom is 0.126 e. The topological polar surface area (TPSA) is 39.1 Å². The Morgan fingerprint density at radius 1 is 1.15 bits per heavy atom. The molecular weight excluding hydrogens is 322 g/mol. The van der Waals surface area contributed by atoms with E-state index >= 15 is 0 Å². The second kappa shape index (κ2) is 8.86. The summed E-state index contributed by atoms with van der Waals surface area (Å²) in [6, 6.07) is 16.7. The van der Waals surface area contributed by atoms with Crippen molar-refractivity contribution in [1.82, 2.24) is 4.90 Å². The van der Waals surface area contributed by atoms with Gasteiger partial charge in [-0.25, -0.2) is 0 Å². The average Bonchev–Trinajstić information content (AvgIpc) is 3.10. The van der Waals surface area contributed by atoms with E-state index in [1.54, 1.807) is 0 Å². The second-order valence-corrected chi connectivity index (χ2v) is 6.86. The molecule has 1 aliphatic heterocycles. The van der Waals surface area contributed by atoms with Crippen LogP contribution in [-0.2, 0) is 6.54 Å². The Bertz CT molecular complexity index is 725. The molecule has 0 spiro atoms. The highest BCUT2D eigenvalue weighted by Gasteiger charge is 2.21. The molecule has 0 aromatic heterocycles. The number of nitrogens with zero attached hydrogens (tertiary/aromatic N) is 3. The molecule has 0 amide bonds. The number of aromatic hydroxyl groups is 1. The molecule has 1 heterocycles. The molecule has 0 radical (unpaired) electrons. The molecule has 0 unspecified atom stereocenters. The molecule has 138 valence electrons. The molecule has 0 saturated carbocycles. The number of rotatable bonds is 7. The molecule has 3 rings (SSSR count). The van der Waals surface area contributed by atoms with Gasteiger partial charge in [-0.2, -0.15) is 0 Å². The van der Waals surface area contributed by atoms with Crippen LogP contribution in [0.3, 0.4) is 0 Å². The molecule has 0 bridgehead atoms. The Balaban J connectivity index is 1.58. The SMILES string of the molecule is CCN(CC)c1ccc(C=N[C@H]2CCN(Cc3ccccc3)C2)c(O)c1. The Hall–Kier alpha value is -2.33. The molecule has 26 heavy (non-hydrogen) atoms. The van der Waals surface area contributed by atoms with Gasteiger partial charge in [-0.3, -0.25) is 9.89 Å². The van der Waals surface area contributed by atoms with Gasteiger partial charge in [0.1, 0.15) is 5.75 Å². The normalized spacial score (nSPS) is 17.8. The fraction of sp³-hybridized carbons (Fsp3) is 0.409. The monoisotopic (exact) mass is 351 g/mol. The lowest BCUT2D eigenvalue weighted by Gasteiger charge is -2.21. The van der Waals surface area contributed by atoms with Crippen molar-refractivity contribution in [2.24, 2.45) is 4.99 Å². The largest absolute Gasteiger partial charge is 0.507 e. The number of likely N-dealkylation sites (tertiary alicyclic amines) is 1. The smallest absolute Gasteiger partial charge is 0.126 e. The maximum absolute atomic E-state index is 10.3. The molecule has 1 N–H and O–H groups in total. The van der Waals surface area contributed by atoms with Crippen LogP contribution in [0.15, 0.2) is 53.5 Å². The lowest BCUT2D eigenvalue weighted by atomic mass is 10.1. The molecule has 1 aliphatic rings. The molecule has 0 aliphatic carbocycles. The fourth-order valence-electron chi connectivity index (χ4n) is 3.53. The van der Waals surface area contributed by atoms with E-state index in [1.807, 2.05) is 18.3 Å². The molecule has 4 heteroatoms. The maximum atomic E-state index is 10.3. The summed E-state index contributed by atoms with van der Waals surface area (Å²) in [5.74, 6) is 0.303. The summed E-state index contributed by atoms with van der Waals surface area (Å²) in [4.78, 5) is 9.39. The number of anilines is 1. The van der Waals surface area contributed by atoms with Gasteiger partial charge in [-0.1, -0.05) is 30.3 Å². The van der Waals surface area contributed by atoms with Crippen molar-refractivity contribution in [3.8, 4) is 5.75 Å². The van der Waals surface area contributed by atoms with Gasteiger partial charge in [0, 0.05) is 56.3 Å². The number of aliphatic imine (C=N–C) groups is 1. The first kappa shape index (κ1) is 18.5. The van der Waals surface area contributed by atoms with Gasteiger partial charge < -0.3 is 10.0 Å². The minimum atomic E-state index is 0.303. The van der Waals surface area contributed by atoms with Gasteiger partial charge in [0.15, 0.2) is 0 Å². The summed E-state index contributed by atoms with van der Waals surface area (Å²) in [7, 11) is 0. The van der Waals surface area contributed by atoms with Gasteiger partial charge in [-0.15, -0.1) is 0 Å². The Labute approximate surface area is 156 Å². The van der Waals surface area contributed by atoms with E-state index in [9.17, 15) is 5.11 Å². The summed E-state index contributed by atoms with van der Waals surface area (Å²) >= 11 is 0. The summed E-state index contributed by atoms with van der Waals surface area (Å²) in [5, 5.41) is 10.3. The first-order chi connectivity index (χ1) is 12.7. The Morgan fingerprint density at radius 2 is 1.92 bits per heavy atom. The van der Waals surface area contributed by atoms with Gasteiger partial charge in [0.05, 0.1) is 6.04 Å². The van der Waals surface area contributed by atoms with Crippen LogP contribution in [0.1, 0.15) is 31.4 Å². The first-order valence-electron chi connectivity index (χ1n) is 9.57. The highest BCUT2D eigenvalue weighted by Crippen LogP contribution is 2.24. The predicted molar refractivity (Wildman–Crippen MR) is 109 cm³/mol. The van der Waals surface area contributed by atoms with Crippen molar-refractivity contribution in [3.05, 3.63) is 59.7 Å². The van der Waals surface area contributed by atoms with Crippen molar-refractivity contribution in [2.75, 3.05) is 31.1 Å². The zero-order chi connectivity index (χ0) is 18.4. The van der Waals surface area contributed by atoms with Crippen molar-refractivity contribution in [3.63, 3.8) is 0 Å². The standard InChI is InChI=1S/C22H29N3O/c1-3-25(4-2)21-11-10-19(22(26)14-21)15-23-20-12-13-24(17-20)16-18-8-6-5-7-9-18/h5-11,14-15,20,26H,3-4,12-13,16-17H2,1-2H3/t20-/m0/s1. The average molecular weight is 351 g/mol. The summed E-state index contributed by atoms with van der Waals surface area (Å²) in [6.07, 6.45) is 2.90. The Morgan fingerprint density at radius 3 is 2.62 bits per heavy atom. The van der Waals surface area contributed by atoms with Crippen LogP contribution in [0.5, 0.6) is 5.75 Å². The van der Waals surface area contributed by atoms with E-state index in [0.29, 0.717) is 11.8 Å². The number of benzene rings is 2. The third-order valence-electron chi connectivity index (χ3n) is 5.06. The number of phenolic OH excluding ortho intramolecular Hbond substituents is 1. The van der Waals surface area contributed by atoms with Gasteiger partial charge in [0.2, 0.25) is 0 Å². The summed E-state index contributed by atoms with van der Waals surface area (Å²) in [5.41, 5.74) is 3.20. The third kappa shape index (κ3) is 4.64. The number of phenols is 1. The molecular formula is C22H29N3O. The Kier molecular flexibility index (Phi) is 6.29. The quantitative estimate of drug-likeness (QED) is 0.768. The van der Waals surface area contributed by atoms with E-state index in [4.69, 9.17) is 4.99 Å². The summed E-state index contributed by atoms with van der Waals surface area (Å²) < 4.78 is 0. The fourth-order valence-corrected chi connectivity index (χ4v) is 3.53. The zero-order valence-corrected chi connectivity index (χ0v) is 15.8. The van der Waals surface area contributed by atoms with Crippen molar-refractivity contribution < 1.29 is 5.11 Å². The van der Waals surface area contributed by atoms with Crippen LogP contribution >= 0.6 is 0 Å². The minimum Gasteiger partial charge on any atom is -0.507 e. The van der Waals surface area contributed by atoms with Crippen LogP contribution in [0.25, 0.3) is 0 Å². The van der Waals surface area contributed by atoms with E-state index in [-0.39, 0.29) is 0 Å². The van der Waals surface area contributed by atoms with Crippen LogP contribution in [-0.4, -0.2) is 48.4 Å². The van der Waals surface area contributed by atoms with Gasteiger partial charge >= 0.3 is 0 Å². The highest BCUT2D eigenvalue weighted by atomic mass is 16.3. The van der Waals surface area contributed by atoms with Crippen LogP contribution < -0.4 is 4.90 Å². The van der Waals surface area contributed by atoms with E-state index < -0.39 is 0 Å². The minimum absolute atomic E-state index is 0.303. The van der Waals surface area contributed by atoms with Gasteiger partial charge in [-0.05, 0) is 38.0 Å². The molecule has 1 atom stereocenters. The molecule has 4 nitrogen and oxygen atoms in total. The van der Waals surface area contributed by atoms with Crippen molar-refractivity contribution in [1.29, 1.82) is 0 Å².